The Morgan fingerprint density at radius 3 is 2.23 bits per heavy atom. The number of piperazine rings is 1. The van der Waals surface area contributed by atoms with Crippen molar-refractivity contribution in [1.29, 1.82) is 0 Å². The van der Waals surface area contributed by atoms with Gasteiger partial charge in [0.15, 0.2) is 0 Å². The van der Waals surface area contributed by atoms with Crippen molar-refractivity contribution in [2.24, 2.45) is 0 Å². The summed E-state index contributed by atoms with van der Waals surface area (Å²) >= 11 is 0. The van der Waals surface area contributed by atoms with Gasteiger partial charge in [-0.25, -0.2) is 0 Å². The summed E-state index contributed by atoms with van der Waals surface area (Å²) in [5.41, 5.74) is 2.87. The van der Waals surface area contributed by atoms with Crippen molar-refractivity contribution in [2.45, 2.75) is 39.7 Å². The molecule has 1 saturated heterocycles. The van der Waals surface area contributed by atoms with E-state index in [0.29, 0.717) is 5.92 Å². The highest BCUT2D eigenvalue weighted by molar-refractivity contribution is 5.24. The SMILES string of the molecule is CCOCCCN1CCN(Cc2ccc(C(C)C)cc2)CC1. The van der Waals surface area contributed by atoms with Crippen molar-refractivity contribution in [3.8, 4) is 0 Å². The molecule has 1 aromatic carbocycles. The van der Waals surface area contributed by atoms with E-state index in [2.05, 4.69) is 54.8 Å². The maximum Gasteiger partial charge on any atom is 0.0478 e. The van der Waals surface area contributed by atoms with Crippen LogP contribution in [0.15, 0.2) is 24.3 Å². The summed E-state index contributed by atoms with van der Waals surface area (Å²) in [6.07, 6.45) is 1.16. The maximum absolute atomic E-state index is 5.41. The first-order valence-electron chi connectivity index (χ1n) is 8.80. The van der Waals surface area contributed by atoms with Gasteiger partial charge in [-0.1, -0.05) is 38.1 Å². The Balaban J connectivity index is 1.68. The minimum atomic E-state index is 0.620. The van der Waals surface area contributed by atoms with Gasteiger partial charge in [0.05, 0.1) is 0 Å². The third kappa shape index (κ3) is 5.71. The molecule has 0 bridgehead atoms. The van der Waals surface area contributed by atoms with Crippen LogP contribution in [0.4, 0.5) is 0 Å². The second-order valence-corrected chi connectivity index (χ2v) is 6.56. The average Bonchev–Trinajstić information content (AvgIpc) is 2.54. The maximum atomic E-state index is 5.41. The normalized spacial score (nSPS) is 17.3. The van der Waals surface area contributed by atoms with E-state index in [9.17, 15) is 0 Å². The molecule has 0 unspecified atom stereocenters. The topological polar surface area (TPSA) is 15.7 Å². The second-order valence-electron chi connectivity index (χ2n) is 6.56. The Labute approximate surface area is 136 Å². The van der Waals surface area contributed by atoms with Gasteiger partial charge in [-0.2, -0.15) is 0 Å². The first kappa shape index (κ1) is 17.5. The predicted octanol–water partition coefficient (Wildman–Crippen LogP) is 3.35. The molecule has 1 fully saturated rings. The summed E-state index contributed by atoms with van der Waals surface area (Å²) in [5, 5.41) is 0. The number of ether oxygens (including phenoxy) is 1. The zero-order valence-electron chi connectivity index (χ0n) is 14.6. The second kappa shape index (κ2) is 9.29. The molecular weight excluding hydrogens is 272 g/mol. The van der Waals surface area contributed by atoms with Gasteiger partial charge in [0, 0.05) is 52.5 Å². The van der Waals surface area contributed by atoms with Crippen molar-refractivity contribution < 1.29 is 4.74 Å². The van der Waals surface area contributed by atoms with Gasteiger partial charge in [-0.05, 0) is 30.4 Å². The molecule has 1 heterocycles. The highest BCUT2D eigenvalue weighted by Gasteiger charge is 2.16. The summed E-state index contributed by atoms with van der Waals surface area (Å²) < 4.78 is 5.41. The first-order valence-corrected chi connectivity index (χ1v) is 8.80. The van der Waals surface area contributed by atoms with Crippen LogP contribution in [0.5, 0.6) is 0 Å². The molecule has 3 nitrogen and oxygen atoms in total. The molecule has 0 aliphatic carbocycles. The highest BCUT2D eigenvalue weighted by Crippen LogP contribution is 2.16. The molecule has 0 amide bonds. The minimum absolute atomic E-state index is 0.620. The van der Waals surface area contributed by atoms with E-state index in [-0.39, 0.29) is 0 Å². The van der Waals surface area contributed by atoms with Crippen LogP contribution in [-0.2, 0) is 11.3 Å². The van der Waals surface area contributed by atoms with Crippen LogP contribution >= 0.6 is 0 Å². The van der Waals surface area contributed by atoms with Crippen LogP contribution in [0.2, 0.25) is 0 Å². The van der Waals surface area contributed by atoms with Crippen molar-refractivity contribution in [1.82, 2.24) is 9.80 Å². The van der Waals surface area contributed by atoms with Gasteiger partial charge in [-0.15, -0.1) is 0 Å². The minimum Gasteiger partial charge on any atom is -0.382 e. The average molecular weight is 304 g/mol. The largest absolute Gasteiger partial charge is 0.382 e. The molecule has 0 N–H and O–H groups in total. The van der Waals surface area contributed by atoms with E-state index in [0.717, 1.165) is 26.2 Å². The van der Waals surface area contributed by atoms with Gasteiger partial charge < -0.3 is 9.64 Å². The standard InChI is InChI=1S/C19H32N2O/c1-4-22-15-5-10-20-11-13-21(14-12-20)16-18-6-8-19(9-7-18)17(2)3/h6-9,17H,4-5,10-16H2,1-3H3. The van der Waals surface area contributed by atoms with Crippen molar-refractivity contribution in [3.05, 3.63) is 35.4 Å². The first-order chi connectivity index (χ1) is 10.7. The Bertz CT molecular complexity index is 408. The van der Waals surface area contributed by atoms with Crippen LogP contribution in [-0.4, -0.2) is 55.7 Å². The number of nitrogens with zero attached hydrogens (tertiary/aromatic N) is 2. The zero-order valence-corrected chi connectivity index (χ0v) is 14.6. The molecule has 0 atom stereocenters. The number of hydrogen-bond donors (Lipinski definition) is 0. The van der Waals surface area contributed by atoms with Crippen LogP contribution in [0.1, 0.15) is 44.2 Å². The number of rotatable bonds is 8. The van der Waals surface area contributed by atoms with Crippen molar-refractivity contribution in [2.75, 3.05) is 45.9 Å². The lowest BCUT2D eigenvalue weighted by Gasteiger charge is -2.34. The molecule has 1 aromatic rings. The summed E-state index contributed by atoms with van der Waals surface area (Å²) in [6.45, 7) is 15.3. The summed E-state index contributed by atoms with van der Waals surface area (Å²) in [6, 6.07) is 9.15. The summed E-state index contributed by atoms with van der Waals surface area (Å²) in [4.78, 5) is 5.14. The van der Waals surface area contributed by atoms with Gasteiger partial charge >= 0.3 is 0 Å². The molecule has 0 aromatic heterocycles. The molecule has 0 spiro atoms. The molecule has 1 aliphatic heterocycles. The third-order valence-corrected chi connectivity index (χ3v) is 4.48. The fourth-order valence-electron chi connectivity index (χ4n) is 2.97. The lowest BCUT2D eigenvalue weighted by Crippen LogP contribution is -2.46. The lowest BCUT2D eigenvalue weighted by molar-refractivity contribution is 0.102. The van der Waals surface area contributed by atoms with Crippen molar-refractivity contribution >= 4 is 0 Å². The predicted molar refractivity (Wildman–Crippen MR) is 93.4 cm³/mol. The van der Waals surface area contributed by atoms with Crippen molar-refractivity contribution in [3.63, 3.8) is 0 Å². The van der Waals surface area contributed by atoms with Gasteiger partial charge in [0.25, 0.3) is 0 Å². The van der Waals surface area contributed by atoms with E-state index in [1.165, 1.54) is 43.9 Å². The Kier molecular flexibility index (Phi) is 7.37. The zero-order chi connectivity index (χ0) is 15.8. The van der Waals surface area contributed by atoms with Crippen LogP contribution in [0.25, 0.3) is 0 Å². The van der Waals surface area contributed by atoms with Crippen LogP contribution in [0.3, 0.4) is 0 Å². The molecule has 22 heavy (non-hydrogen) atoms. The Hall–Kier alpha value is -0.900. The summed E-state index contributed by atoms with van der Waals surface area (Å²) in [5.74, 6) is 0.620. The Morgan fingerprint density at radius 2 is 1.64 bits per heavy atom. The molecule has 3 heteroatoms. The molecule has 0 saturated carbocycles. The molecule has 124 valence electrons. The lowest BCUT2D eigenvalue weighted by atomic mass is 10.0. The molecule has 1 aliphatic rings. The smallest absolute Gasteiger partial charge is 0.0478 e. The van der Waals surface area contributed by atoms with E-state index in [1.807, 2.05) is 0 Å². The highest BCUT2D eigenvalue weighted by atomic mass is 16.5. The van der Waals surface area contributed by atoms with Crippen LogP contribution < -0.4 is 0 Å². The fourth-order valence-corrected chi connectivity index (χ4v) is 2.97. The quantitative estimate of drug-likeness (QED) is 0.685. The van der Waals surface area contributed by atoms with E-state index < -0.39 is 0 Å². The van der Waals surface area contributed by atoms with E-state index in [1.54, 1.807) is 0 Å². The monoisotopic (exact) mass is 304 g/mol. The number of hydrogen-bond acceptors (Lipinski definition) is 3. The van der Waals surface area contributed by atoms with Crippen LogP contribution in [0, 0.1) is 0 Å². The molecule has 2 rings (SSSR count). The van der Waals surface area contributed by atoms with E-state index in [4.69, 9.17) is 4.74 Å². The van der Waals surface area contributed by atoms with E-state index >= 15 is 0 Å². The number of benzene rings is 1. The van der Waals surface area contributed by atoms with Gasteiger partial charge in [0.2, 0.25) is 0 Å². The Morgan fingerprint density at radius 1 is 1.00 bits per heavy atom. The fraction of sp³-hybridized carbons (Fsp3) is 0.684. The van der Waals surface area contributed by atoms with Gasteiger partial charge in [0.1, 0.15) is 0 Å². The molecule has 0 radical (unpaired) electrons. The third-order valence-electron chi connectivity index (χ3n) is 4.48. The van der Waals surface area contributed by atoms with Gasteiger partial charge in [-0.3, -0.25) is 4.90 Å². The molecular formula is C19H32N2O. The summed E-state index contributed by atoms with van der Waals surface area (Å²) in [7, 11) is 0.